The molecule has 0 atom stereocenters. The van der Waals surface area contributed by atoms with Gasteiger partial charge in [0.15, 0.2) is 5.78 Å². The van der Waals surface area contributed by atoms with E-state index in [4.69, 9.17) is 5.73 Å². The zero-order chi connectivity index (χ0) is 9.07. The molecule has 0 rings (SSSR count). The molecule has 11 heavy (non-hydrogen) atoms. The fraction of sp³-hybridized carbons (Fsp3) is 0.889. The van der Waals surface area contributed by atoms with Gasteiger partial charge in [0.25, 0.3) is 0 Å². The second-order valence-electron chi connectivity index (χ2n) is 3.60. The molecule has 2 heteroatoms. The van der Waals surface area contributed by atoms with Crippen LogP contribution in [0.25, 0.3) is 0 Å². The maximum Gasteiger partial charge on any atom is 0.155 e. The lowest BCUT2D eigenvalue weighted by atomic mass is 9.86. The molecule has 0 aliphatic carbocycles. The predicted octanol–water partition coefficient (Wildman–Crippen LogP) is 1.73. The van der Waals surface area contributed by atoms with Crippen LogP contribution in [0.15, 0.2) is 0 Å². The van der Waals surface area contributed by atoms with Gasteiger partial charge in [-0.05, 0) is 26.7 Å². The van der Waals surface area contributed by atoms with Crippen molar-refractivity contribution in [2.45, 2.75) is 46.1 Å². The summed E-state index contributed by atoms with van der Waals surface area (Å²) in [6.45, 7) is 7.59. The summed E-state index contributed by atoms with van der Waals surface area (Å²) in [7, 11) is 0. The maximum absolute atomic E-state index is 11.5. The number of carbonyl (C=O) groups excluding carboxylic acids is 1. The predicted molar refractivity (Wildman–Crippen MR) is 47.3 cm³/mol. The van der Waals surface area contributed by atoms with Crippen LogP contribution in [0, 0.1) is 5.92 Å². The van der Waals surface area contributed by atoms with Crippen LogP contribution in [0.2, 0.25) is 0 Å². The molecule has 0 radical (unpaired) electrons. The van der Waals surface area contributed by atoms with E-state index in [1.165, 1.54) is 0 Å². The first-order chi connectivity index (χ1) is 4.93. The first kappa shape index (κ1) is 10.6. The van der Waals surface area contributed by atoms with Gasteiger partial charge in [0.05, 0.1) is 5.54 Å². The maximum atomic E-state index is 11.5. The standard InChI is InChI=1S/C9H19NO/c1-5-7(6-2)8(11)9(3,4)10/h7H,5-6,10H2,1-4H3. The Morgan fingerprint density at radius 3 is 1.82 bits per heavy atom. The lowest BCUT2D eigenvalue weighted by molar-refractivity contribution is -0.127. The van der Waals surface area contributed by atoms with E-state index in [1.807, 2.05) is 13.8 Å². The normalized spacial score (nSPS) is 12.2. The van der Waals surface area contributed by atoms with E-state index >= 15 is 0 Å². The van der Waals surface area contributed by atoms with Gasteiger partial charge in [-0.25, -0.2) is 0 Å². The van der Waals surface area contributed by atoms with Crippen molar-refractivity contribution in [1.82, 2.24) is 0 Å². The van der Waals surface area contributed by atoms with Crippen molar-refractivity contribution in [1.29, 1.82) is 0 Å². The molecule has 0 bridgehead atoms. The molecule has 0 aliphatic heterocycles. The van der Waals surface area contributed by atoms with Gasteiger partial charge in [0.2, 0.25) is 0 Å². The van der Waals surface area contributed by atoms with E-state index in [9.17, 15) is 4.79 Å². The Kier molecular flexibility index (Phi) is 3.73. The quantitative estimate of drug-likeness (QED) is 0.675. The van der Waals surface area contributed by atoms with Gasteiger partial charge in [-0.2, -0.15) is 0 Å². The van der Waals surface area contributed by atoms with Gasteiger partial charge in [0.1, 0.15) is 0 Å². The van der Waals surface area contributed by atoms with E-state index < -0.39 is 5.54 Å². The van der Waals surface area contributed by atoms with E-state index in [0.29, 0.717) is 0 Å². The summed E-state index contributed by atoms with van der Waals surface area (Å²) in [5.74, 6) is 0.331. The lowest BCUT2D eigenvalue weighted by Gasteiger charge is -2.22. The third-order valence-electron chi connectivity index (χ3n) is 1.99. The van der Waals surface area contributed by atoms with Crippen molar-refractivity contribution in [3.05, 3.63) is 0 Å². The van der Waals surface area contributed by atoms with E-state index in [0.717, 1.165) is 12.8 Å². The van der Waals surface area contributed by atoms with E-state index in [-0.39, 0.29) is 11.7 Å². The highest BCUT2D eigenvalue weighted by Crippen LogP contribution is 2.15. The average Bonchev–Trinajstić information content (AvgIpc) is 1.88. The second kappa shape index (κ2) is 3.86. The van der Waals surface area contributed by atoms with Crippen molar-refractivity contribution in [2.75, 3.05) is 0 Å². The molecular formula is C9H19NO. The van der Waals surface area contributed by atoms with Crippen LogP contribution in [-0.2, 0) is 4.79 Å². The summed E-state index contributed by atoms with van der Waals surface area (Å²) in [4.78, 5) is 11.5. The zero-order valence-corrected chi connectivity index (χ0v) is 7.98. The third-order valence-corrected chi connectivity index (χ3v) is 1.99. The number of nitrogens with two attached hydrogens (primary N) is 1. The summed E-state index contributed by atoms with van der Waals surface area (Å²) in [5.41, 5.74) is 5.03. The number of rotatable bonds is 4. The molecule has 2 N–H and O–H groups in total. The van der Waals surface area contributed by atoms with Crippen LogP contribution in [0.5, 0.6) is 0 Å². The molecule has 0 aromatic heterocycles. The van der Waals surface area contributed by atoms with Crippen molar-refractivity contribution in [3.8, 4) is 0 Å². The highest BCUT2D eigenvalue weighted by Gasteiger charge is 2.27. The SMILES string of the molecule is CCC(CC)C(=O)C(C)(C)N. The minimum absolute atomic E-state index is 0.148. The number of ketones is 1. The molecule has 0 fully saturated rings. The molecule has 0 aliphatic rings. The highest BCUT2D eigenvalue weighted by molar-refractivity contribution is 5.89. The summed E-state index contributed by atoms with van der Waals surface area (Å²) in [6, 6.07) is 0. The lowest BCUT2D eigenvalue weighted by Crippen LogP contribution is -2.45. The molecule has 0 heterocycles. The van der Waals surface area contributed by atoms with Crippen molar-refractivity contribution in [2.24, 2.45) is 11.7 Å². The molecule has 2 nitrogen and oxygen atoms in total. The minimum atomic E-state index is -0.656. The van der Waals surface area contributed by atoms with Crippen LogP contribution in [-0.4, -0.2) is 11.3 Å². The first-order valence-corrected chi connectivity index (χ1v) is 4.26. The Labute approximate surface area is 69.2 Å². The van der Waals surface area contributed by atoms with Crippen LogP contribution in [0.1, 0.15) is 40.5 Å². The van der Waals surface area contributed by atoms with Gasteiger partial charge in [-0.15, -0.1) is 0 Å². The molecule has 0 aromatic carbocycles. The van der Waals surface area contributed by atoms with Gasteiger partial charge >= 0.3 is 0 Å². The molecule has 66 valence electrons. The molecule has 0 aromatic rings. The number of Topliss-reactive ketones (excluding diaryl/α,β-unsaturated/α-hetero) is 1. The fourth-order valence-electron chi connectivity index (χ4n) is 1.19. The van der Waals surface area contributed by atoms with Gasteiger partial charge in [0, 0.05) is 5.92 Å². The van der Waals surface area contributed by atoms with Gasteiger partial charge in [-0.1, -0.05) is 13.8 Å². The second-order valence-corrected chi connectivity index (χ2v) is 3.60. The average molecular weight is 157 g/mol. The fourth-order valence-corrected chi connectivity index (χ4v) is 1.19. The van der Waals surface area contributed by atoms with E-state index in [1.54, 1.807) is 13.8 Å². The van der Waals surface area contributed by atoms with Crippen molar-refractivity contribution >= 4 is 5.78 Å². The van der Waals surface area contributed by atoms with Crippen LogP contribution in [0.4, 0.5) is 0 Å². The Bertz CT molecular complexity index is 131. The third kappa shape index (κ3) is 3.02. The molecule has 0 saturated heterocycles. The van der Waals surface area contributed by atoms with Crippen LogP contribution in [0.3, 0.4) is 0 Å². The Morgan fingerprint density at radius 2 is 1.73 bits per heavy atom. The van der Waals surface area contributed by atoms with Crippen LogP contribution < -0.4 is 5.73 Å². The highest BCUT2D eigenvalue weighted by atomic mass is 16.1. The summed E-state index contributed by atoms with van der Waals surface area (Å²) >= 11 is 0. The minimum Gasteiger partial charge on any atom is -0.319 e. The molecule has 0 amide bonds. The number of carbonyl (C=O) groups is 1. The Morgan fingerprint density at radius 1 is 1.36 bits per heavy atom. The van der Waals surface area contributed by atoms with Crippen molar-refractivity contribution in [3.63, 3.8) is 0 Å². The summed E-state index contributed by atoms with van der Waals surface area (Å²) in [5, 5.41) is 0. The van der Waals surface area contributed by atoms with Gasteiger partial charge in [-0.3, -0.25) is 4.79 Å². The number of hydrogen-bond donors (Lipinski definition) is 1. The topological polar surface area (TPSA) is 43.1 Å². The molecule has 0 saturated carbocycles. The summed E-state index contributed by atoms with van der Waals surface area (Å²) in [6.07, 6.45) is 1.80. The molecule has 0 unspecified atom stereocenters. The first-order valence-electron chi connectivity index (χ1n) is 4.26. The monoisotopic (exact) mass is 157 g/mol. The smallest absolute Gasteiger partial charge is 0.155 e. The van der Waals surface area contributed by atoms with E-state index in [2.05, 4.69) is 0 Å². The largest absolute Gasteiger partial charge is 0.319 e. The Hall–Kier alpha value is -0.370. The number of hydrogen-bond acceptors (Lipinski definition) is 2. The molecule has 0 spiro atoms. The van der Waals surface area contributed by atoms with Crippen LogP contribution >= 0.6 is 0 Å². The van der Waals surface area contributed by atoms with Gasteiger partial charge < -0.3 is 5.73 Å². The van der Waals surface area contributed by atoms with Crippen molar-refractivity contribution < 1.29 is 4.79 Å². The zero-order valence-electron chi connectivity index (χ0n) is 7.98. The summed E-state index contributed by atoms with van der Waals surface area (Å²) < 4.78 is 0. The Balaban J connectivity index is 4.22. The molecular weight excluding hydrogens is 138 g/mol.